The highest BCUT2D eigenvalue weighted by atomic mass is 16.5. The SMILES string of the molecule is CCC(N)C(c1ccc(C)cc1)N1CCCOC(C)C1. The lowest BCUT2D eigenvalue weighted by Gasteiger charge is -2.35. The first-order valence-electron chi connectivity index (χ1n) is 7.79. The summed E-state index contributed by atoms with van der Waals surface area (Å²) in [5.41, 5.74) is 9.06. The Hall–Kier alpha value is -0.900. The number of benzene rings is 1. The van der Waals surface area contributed by atoms with Crippen molar-refractivity contribution in [2.45, 2.75) is 51.8 Å². The molecule has 3 unspecified atom stereocenters. The molecular formula is C17H28N2O. The molecule has 20 heavy (non-hydrogen) atoms. The van der Waals surface area contributed by atoms with Crippen molar-refractivity contribution >= 4 is 0 Å². The Kier molecular flexibility index (Phi) is 5.58. The predicted molar refractivity (Wildman–Crippen MR) is 83.8 cm³/mol. The topological polar surface area (TPSA) is 38.5 Å². The third-order valence-corrected chi connectivity index (χ3v) is 4.17. The molecule has 1 aromatic rings. The van der Waals surface area contributed by atoms with Crippen LogP contribution in [0.25, 0.3) is 0 Å². The highest BCUT2D eigenvalue weighted by Gasteiger charge is 2.28. The lowest BCUT2D eigenvalue weighted by atomic mass is 9.95. The molecule has 2 rings (SSSR count). The summed E-state index contributed by atoms with van der Waals surface area (Å²) in [4.78, 5) is 2.51. The Labute approximate surface area is 123 Å². The molecule has 1 fully saturated rings. The summed E-state index contributed by atoms with van der Waals surface area (Å²) in [7, 11) is 0. The molecule has 1 saturated heterocycles. The van der Waals surface area contributed by atoms with Crippen molar-refractivity contribution in [3.05, 3.63) is 35.4 Å². The smallest absolute Gasteiger partial charge is 0.0674 e. The molecule has 1 aromatic carbocycles. The zero-order chi connectivity index (χ0) is 14.5. The van der Waals surface area contributed by atoms with Gasteiger partial charge in [0.15, 0.2) is 0 Å². The van der Waals surface area contributed by atoms with Gasteiger partial charge in [-0.15, -0.1) is 0 Å². The van der Waals surface area contributed by atoms with Gasteiger partial charge in [-0.2, -0.15) is 0 Å². The van der Waals surface area contributed by atoms with Crippen molar-refractivity contribution < 1.29 is 4.74 Å². The van der Waals surface area contributed by atoms with Gasteiger partial charge in [0, 0.05) is 31.8 Å². The van der Waals surface area contributed by atoms with Crippen LogP contribution in [0.3, 0.4) is 0 Å². The number of nitrogens with two attached hydrogens (primary N) is 1. The van der Waals surface area contributed by atoms with Crippen LogP contribution in [0.1, 0.15) is 43.9 Å². The van der Waals surface area contributed by atoms with Gasteiger partial charge in [-0.05, 0) is 32.3 Å². The van der Waals surface area contributed by atoms with Crippen LogP contribution >= 0.6 is 0 Å². The van der Waals surface area contributed by atoms with E-state index in [0.29, 0.717) is 6.04 Å². The Morgan fingerprint density at radius 1 is 1.35 bits per heavy atom. The van der Waals surface area contributed by atoms with Crippen LogP contribution in [0.5, 0.6) is 0 Å². The van der Waals surface area contributed by atoms with E-state index in [2.05, 4.69) is 49.9 Å². The summed E-state index contributed by atoms with van der Waals surface area (Å²) in [5.74, 6) is 0. The molecule has 0 bridgehead atoms. The number of aryl methyl sites for hydroxylation is 1. The maximum absolute atomic E-state index is 6.43. The minimum absolute atomic E-state index is 0.169. The lowest BCUT2D eigenvalue weighted by molar-refractivity contribution is 0.0575. The van der Waals surface area contributed by atoms with Gasteiger partial charge in [-0.25, -0.2) is 0 Å². The summed E-state index contributed by atoms with van der Waals surface area (Å²) in [6.45, 7) is 9.34. The average molecular weight is 276 g/mol. The van der Waals surface area contributed by atoms with Gasteiger partial charge in [0.1, 0.15) is 0 Å². The Balaban J connectivity index is 2.24. The fourth-order valence-electron chi connectivity index (χ4n) is 2.99. The Morgan fingerprint density at radius 2 is 2.05 bits per heavy atom. The van der Waals surface area contributed by atoms with E-state index in [1.165, 1.54) is 11.1 Å². The van der Waals surface area contributed by atoms with Gasteiger partial charge >= 0.3 is 0 Å². The van der Waals surface area contributed by atoms with Crippen molar-refractivity contribution in [1.29, 1.82) is 0 Å². The van der Waals surface area contributed by atoms with Crippen LogP contribution in [0.15, 0.2) is 24.3 Å². The van der Waals surface area contributed by atoms with Crippen molar-refractivity contribution in [3.8, 4) is 0 Å². The minimum atomic E-state index is 0.169. The standard InChI is InChI=1S/C17H28N2O/c1-4-16(18)17(15-8-6-13(2)7-9-15)19-10-5-11-20-14(3)12-19/h6-9,14,16-17H,4-5,10-12,18H2,1-3H3. The molecule has 1 aliphatic heterocycles. The van der Waals surface area contributed by atoms with Crippen molar-refractivity contribution in [1.82, 2.24) is 4.90 Å². The predicted octanol–water partition coefficient (Wildman–Crippen LogP) is 2.88. The number of hydrogen-bond acceptors (Lipinski definition) is 3. The fraction of sp³-hybridized carbons (Fsp3) is 0.647. The van der Waals surface area contributed by atoms with Crippen molar-refractivity contribution in [2.24, 2.45) is 5.73 Å². The second-order valence-corrected chi connectivity index (χ2v) is 5.96. The third-order valence-electron chi connectivity index (χ3n) is 4.17. The zero-order valence-corrected chi connectivity index (χ0v) is 13.0. The summed E-state index contributed by atoms with van der Waals surface area (Å²) in [6, 6.07) is 9.29. The number of nitrogens with zero attached hydrogens (tertiary/aromatic N) is 1. The van der Waals surface area contributed by atoms with E-state index in [1.807, 2.05) is 0 Å². The normalized spacial score (nSPS) is 24.1. The van der Waals surface area contributed by atoms with Gasteiger partial charge in [-0.1, -0.05) is 36.8 Å². The second-order valence-electron chi connectivity index (χ2n) is 5.96. The third kappa shape index (κ3) is 3.81. The van der Waals surface area contributed by atoms with Crippen LogP contribution in [-0.2, 0) is 4.74 Å². The molecule has 1 heterocycles. The van der Waals surface area contributed by atoms with Crippen LogP contribution in [0.2, 0.25) is 0 Å². The Bertz CT molecular complexity index is 404. The maximum Gasteiger partial charge on any atom is 0.0674 e. The minimum Gasteiger partial charge on any atom is -0.377 e. The van der Waals surface area contributed by atoms with E-state index in [1.54, 1.807) is 0 Å². The molecule has 0 aliphatic carbocycles. The molecule has 3 heteroatoms. The van der Waals surface area contributed by atoms with Crippen molar-refractivity contribution in [2.75, 3.05) is 19.7 Å². The van der Waals surface area contributed by atoms with E-state index in [0.717, 1.165) is 32.5 Å². The first-order chi connectivity index (χ1) is 9.61. The van der Waals surface area contributed by atoms with Crippen molar-refractivity contribution in [3.63, 3.8) is 0 Å². The van der Waals surface area contributed by atoms with Gasteiger partial charge in [0.25, 0.3) is 0 Å². The molecule has 0 radical (unpaired) electrons. The second kappa shape index (κ2) is 7.21. The van der Waals surface area contributed by atoms with Gasteiger partial charge in [0.05, 0.1) is 6.10 Å². The lowest BCUT2D eigenvalue weighted by Crippen LogP contribution is -2.43. The monoisotopic (exact) mass is 276 g/mol. The van der Waals surface area contributed by atoms with Crippen LogP contribution in [-0.4, -0.2) is 36.7 Å². The Morgan fingerprint density at radius 3 is 2.70 bits per heavy atom. The fourth-order valence-corrected chi connectivity index (χ4v) is 2.99. The molecule has 1 aliphatic rings. The van der Waals surface area contributed by atoms with Gasteiger partial charge in [-0.3, -0.25) is 4.90 Å². The van der Waals surface area contributed by atoms with Gasteiger partial charge in [0.2, 0.25) is 0 Å². The molecule has 0 amide bonds. The molecule has 3 atom stereocenters. The summed E-state index contributed by atoms with van der Waals surface area (Å²) in [6.07, 6.45) is 2.36. The summed E-state index contributed by atoms with van der Waals surface area (Å²) in [5, 5.41) is 0. The molecular weight excluding hydrogens is 248 g/mol. The van der Waals surface area contributed by atoms with E-state index in [9.17, 15) is 0 Å². The van der Waals surface area contributed by atoms with Crippen LogP contribution in [0.4, 0.5) is 0 Å². The number of rotatable bonds is 4. The quantitative estimate of drug-likeness (QED) is 0.919. The highest BCUT2D eigenvalue weighted by Crippen LogP contribution is 2.27. The molecule has 112 valence electrons. The summed E-state index contributed by atoms with van der Waals surface area (Å²) >= 11 is 0. The van der Waals surface area contributed by atoms with Crippen LogP contribution in [0, 0.1) is 6.92 Å². The van der Waals surface area contributed by atoms with E-state index < -0.39 is 0 Å². The highest BCUT2D eigenvalue weighted by molar-refractivity contribution is 5.25. The molecule has 0 saturated carbocycles. The van der Waals surface area contributed by atoms with E-state index in [-0.39, 0.29) is 12.1 Å². The molecule has 0 spiro atoms. The maximum atomic E-state index is 6.43. The van der Waals surface area contributed by atoms with Gasteiger partial charge < -0.3 is 10.5 Å². The summed E-state index contributed by atoms with van der Waals surface area (Å²) < 4.78 is 5.77. The van der Waals surface area contributed by atoms with E-state index in [4.69, 9.17) is 10.5 Å². The van der Waals surface area contributed by atoms with Crippen LogP contribution < -0.4 is 5.73 Å². The molecule has 3 nitrogen and oxygen atoms in total. The first-order valence-corrected chi connectivity index (χ1v) is 7.79. The average Bonchev–Trinajstić information content (AvgIpc) is 2.65. The largest absolute Gasteiger partial charge is 0.377 e. The van der Waals surface area contributed by atoms with E-state index >= 15 is 0 Å². The zero-order valence-electron chi connectivity index (χ0n) is 13.0. The molecule has 0 aromatic heterocycles. The first kappa shape index (κ1) is 15.5. The molecule has 2 N–H and O–H groups in total. The number of hydrogen-bond donors (Lipinski definition) is 1. The number of ether oxygens (including phenoxy) is 1.